The Morgan fingerprint density at radius 1 is 0.870 bits per heavy atom. The van der Waals surface area contributed by atoms with Crippen molar-refractivity contribution in [2.75, 3.05) is 32.7 Å². The minimum atomic E-state index is 0.630. The van der Waals surface area contributed by atoms with Crippen LogP contribution in [0.25, 0.3) is 0 Å². The Morgan fingerprint density at radius 3 is 2.30 bits per heavy atom. The first-order valence-corrected chi connectivity index (χ1v) is 8.59. The molecule has 0 bridgehead atoms. The van der Waals surface area contributed by atoms with Crippen molar-refractivity contribution in [2.24, 2.45) is 0 Å². The van der Waals surface area contributed by atoms with Gasteiger partial charge in [0.05, 0.1) is 0 Å². The van der Waals surface area contributed by atoms with Crippen molar-refractivity contribution in [2.45, 2.75) is 19.4 Å². The number of para-hydroxylation sites is 1. The molecule has 3 heteroatoms. The summed E-state index contributed by atoms with van der Waals surface area (Å²) in [5.41, 5.74) is 2.64. The van der Waals surface area contributed by atoms with E-state index in [1.165, 1.54) is 37.2 Å². The number of rotatable bonds is 7. The van der Waals surface area contributed by atoms with Crippen molar-refractivity contribution in [3.8, 4) is 5.75 Å². The Balaban J connectivity index is 1.40. The van der Waals surface area contributed by atoms with Crippen LogP contribution in [0.5, 0.6) is 5.75 Å². The van der Waals surface area contributed by atoms with Gasteiger partial charge in [0.1, 0.15) is 12.4 Å². The Morgan fingerprint density at radius 2 is 1.57 bits per heavy atom. The highest BCUT2D eigenvalue weighted by Gasteiger charge is 2.08. The molecule has 2 aromatic rings. The molecule has 23 heavy (non-hydrogen) atoms. The Kier molecular flexibility index (Phi) is 6.07. The predicted octanol–water partition coefficient (Wildman–Crippen LogP) is 3.10. The van der Waals surface area contributed by atoms with Gasteiger partial charge in [0.15, 0.2) is 0 Å². The van der Waals surface area contributed by atoms with Crippen molar-refractivity contribution < 1.29 is 4.74 Å². The molecule has 0 saturated carbocycles. The van der Waals surface area contributed by atoms with Crippen LogP contribution < -0.4 is 10.1 Å². The number of hydrogen-bond acceptors (Lipinski definition) is 3. The number of nitrogens with one attached hydrogen (secondary N) is 1. The fraction of sp³-hybridized carbons (Fsp3) is 0.400. The summed E-state index contributed by atoms with van der Waals surface area (Å²) in [7, 11) is 0. The Labute approximate surface area is 139 Å². The van der Waals surface area contributed by atoms with Gasteiger partial charge in [-0.05, 0) is 42.6 Å². The van der Waals surface area contributed by atoms with Crippen LogP contribution in [0, 0.1) is 0 Å². The minimum absolute atomic E-state index is 0.630. The van der Waals surface area contributed by atoms with E-state index >= 15 is 0 Å². The molecule has 0 atom stereocenters. The van der Waals surface area contributed by atoms with Gasteiger partial charge in [0, 0.05) is 26.2 Å². The zero-order valence-electron chi connectivity index (χ0n) is 13.7. The van der Waals surface area contributed by atoms with Crippen molar-refractivity contribution >= 4 is 0 Å². The summed E-state index contributed by atoms with van der Waals surface area (Å²) in [5.74, 6) is 0.924. The lowest BCUT2D eigenvalue weighted by molar-refractivity contribution is 0.238. The van der Waals surface area contributed by atoms with Crippen molar-refractivity contribution in [1.29, 1.82) is 0 Å². The zero-order valence-corrected chi connectivity index (χ0v) is 13.7. The molecule has 2 aromatic carbocycles. The van der Waals surface area contributed by atoms with Gasteiger partial charge in [-0.1, -0.05) is 42.5 Å². The highest BCUT2D eigenvalue weighted by Crippen LogP contribution is 2.13. The van der Waals surface area contributed by atoms with Gasteiger partial charge in [0.25, 0.3) is 0 Å². The zero-order chi connectivity index (χ0) is 15.7. The molecule has 0 unspecified atom stereocenters. The second-order valence-corrected chi connectivity index (χ2v) is 6.11. The lowest BCUT2D eigenvalue weighted by Gasteiger charge is -2.27. The maximum atomic E-state index is 5.78. The fourth-order valence-corrected chi connectivity index (χ4v) is 2.93. The second-order valence-electron chi connectivity index (χ2n) is 6.11. The number of piperazine rings is 1. The summed E-state index contributed by atoms with van der Waals surface area (Å²) < 4.78 is 5.78. The second kappa shape index (κ2) is 8.70. The van der Waals surface area contributed by atoms with Crippen LogP contribution in [0.4, 0.5) is 0 Å². The summed E-state index contributed by atoms with van der Waals surface area (Å²) >= 11 is 0. The number of aryl methyl sites for hydroxylation is 1. The summed E-state index contributed by atoms with van der Waals surface area (Å²) in [6.07, 6.45) is 2.39. The molecule has 0 radical (unpaired) electrons. The molecule has 1 fully saturated rings. The SMILES string of the molecule is c1ccc(OCc2ccc(CCCN3CCNCC3)cc2)cc1. The lowest BCUT2D eigenvalue weighted by Crippen LogP contribution is -2.43. The molecular formula is C20H26N2O. The Bertz CT molecular complexity index is 562. The first-order chi connectivity index (χ1) is 11.4. The van der Waals surface area contributed by atoms with Crippen LogP contribution in [-0.4, -0.2) is 37.6 Å². The molecule has 0 amide bonds. The molecule has 1 saturated heterocycles. The standard InChI is InChI=1S/C20H26N2O/c1-2-6-20(7-3-1)23-17-19-10-8-18(9-11-19)5-4-14-22-15-12-21-13-16-22/h1-3,6-11,21H,4-5,12-17H2. The molecule has 1 N–H and O–H groups in total. The summed E-state index contributed by atoms with van der Waals surface area (Å²) in [6.45, 7) is 6.49. The molecule has 0 aromatic heterocycles. The minimum Gasteiger partial charge on any atom is -0.489 e. The van der Waals surface area contributed by atoms with E-state index in [2.05, 4.69) is 34.5 Å². The van der Waals surface area contributed by atoms with E-state index in [9.17, 15) is 0 Å². The maximum Gasteiger partial charge on any atom is 0.119 e. The average molecular weight is 310 g/mol. The molecule has 1 aliphatic heterocycles. The summed E-state index contributed by atoms with van der Waals surface area (Å²) in [5, 5.41) is 3.40. The van der Waals surface area contributed by atoms with Crippen LogP contribution in [0.2, 0.25) is 0 Å². The van der Waals surface area contributed by atoms with Crippen molar-refractivity contribution in [3.63, 3.8) is 0 Å². The van der Waals surface area contributed by atoms with Crippen LogP contribution in [-0.2, 0) is 13.0 Å². The average Bonchev–Trinajstić information content (AvgIpc) is 2.63. The van der Waals surface area contributed by atoms with Gasteiger partial charge in [0.2, 0.25) is 0 Å². The van der Waals surface area contributed by atoms with Crippen LogP contribution in [0.1, 0.15) is 17.5 Å². The lowest BCUT2D eigenvalue weighted by atomic mass is 10.1. The van der Waals surface area contributed by atoms with E-state index < -0.39 is 0 Å². The Hall–Kier alpha value is -1.84. The highest BCUT2D eigenvalue weighted by molar-refractivity contribution is 5.24. The van der Waals surface area contributed by atoms with Gasteiger partial charge in [-0.25, -0.2) is 0 Å². The van der Waals surface area contributed by atoms with Gasteiger partial charge >= 0.3 is 0 Å². The highest BCUT2D eigenvalue weighted by atomic mass is 16.5. The van der Waals surface area contributed by atoms with E-state index in [1.807, 2.05) is 30.3 Å². The largest absolute Gasteiger partial charge is 0.489 e. The smallest absolute Gasteiger partial charge is 0.119 e. The number of ether oxygens (including phenoxy) is 1. The van der Waals surface area contributed by atoms with E-state index in [0.717, 1.165) is 25.3 Å². The predicted molar refractivity (Wildman–Crippen MR) is 94.8 cm³/mol. The third kappa shape index (κ3) is 5.38. The van der Waals surface area contributed by atoms with Crippen LogP contribution in [0.15, 0.2) is 54.6 Å². The third-order valence-electron chi connectivity index (χ3n) is 4.32. The van der Waals surface area contributed by atoms with Gasteiger partial charge in [-0.3, -0.25) is 0 Å². The molecule has 122 valence electrons. The summed E-state index contributed by atoms with van der Waals surface area (Å²) in [6, 6.07) is 18.8. The third-order valence-corrected chi connectivity index (χ3v) is 4.32. The molecule has 0 spiro atoms. The van der Waals surface area contributed by atoms with Crippen LogP contribution >= 0.6 is 0 Å². The first kappa shape index (κ1) is 16.0. The molecule has 3 nitrogen and oxygen atoms in total. The van der Waals surface area contributed by atoms with Crippen LogP contribution in [0.3, 0.4) is 0 Å². The number of hydrogen-bond donors (Lipinski definition) is 1. The van der Waals surface area contributed by atoms with E-state index in [0.29, 0.717) is 6.61 Å². The molecule has 3 rings (SSSR count). The van der Waals surface area contributed by atoms with E-state index in [4.69, 9.17) is 4.74 Å². The number of nitrogens with zero attached hydrogens (tertiary/aromatic N) is 1. The van der Waals surface area contributed by atoms with Gasteiger partial charge < -0.3 is 15.0 Å². The maximum absolute atomic E-state index is 5.78. The first-order valence-electron chi connectivity index (χ1n) is 8.59. The van der Waals surface area contributed by atoms with Crippen molar-refractivity contribution in [3.05, 3.63) is 65.7 Å². The normalized spacial score (nSPS) is 15.5. The van der Waals surface area contributed by atoms with Gasteiger partial charge in [-0.2, -0.15) is 0 Å². The quantitative estimate of drug-likeness (QED) is 0.850. The topological polar surface area (TPSA) is 24.5 Å². The number of benzene rings is 2. The van der Waals surface area contributed by atoms with Crippen molar-refractivity contribution in [1.82, 2.24) is 10.2 Å². The van der Waals surface area contributed by atoms with E-state index in [-0.39, 0.29) is 0 Å². The monoisotopic (exact) mass is 310 g/mol. The fourth-order valence-electron chi connectivity index (χ4n) is 2.93. The van der Waals surface area contributed by atoms with E-state index in [1.54, 1.807) is 0 Å². The van der Waals surface area contributed by atoms with Gasteiger partial charge in [-0.15, -0.1) is 0 Å². The molecule has 0 aliphatic carbocycles. The summed E-state index contributed by atoms with van der Waals surface area (Å²) in [4.78, 5) is 2.55. The molecular weight excluding hydrogens is 284 g/mol. The molecule has 1 aliphatic rings. The molecule has 1 heterocycles.